The van der Waals surface area contributed by atoms with E-state index in [1.54, 1.807) is 0 Å². The van der Waals surface area contributed by atoms with Gasteiger partial charge in [0.1, 0.15) is 18.4 Å². The first-order valence-electron chi connectivity index (χ1n) is 12.1. The summed E-state index contributed by atoms with van der Waals surface area (Å²) in [5.74, 6) is -1.59. The molecule has 0 unspecified atom stereocenters. The number of hydrogen-bond donors (Lipinski definition) is 1. The molecular formula is C28H31BrFN3O4S. The van der Waals surface area contributed by atoms with Crippen LogP contribution >= 0.6 is 15.9 Å². The number of benzene rings is 3. The van der Waals surface area contributed by atoms with Crippen LogP contribution in [0.3, 0.4) is 0 Å². The Labute approximate surface area is 231 Å². The van der Waals surface area contributed by atoms with Crippen LogP contribution in [0.15, 0.2) is 83.3 Å². The highest BCUT2D eigenvalue weighted by molar-refractivity contribution is 9.10. The molecule has 0 aliphatic carbocycles. The van der Waals surface area contributed by atoms with E-state index in [9.17, 15) is 22.4 Å². The maximum Gasteiger partial charge on any atom is 0.244 e. The lowest BCUT2D eigenvalue weighted by Crippen LogP contribution is -2.54. The summed E-state index contributed by atoms with van der Waals surface area (Å²) in [6, 6.07) is 20.6. The van der Waals surface area contributed by atoms with Gasteiger partial charge in [-0.3, -0.25) is 13.9 Å². The van der Waals surface area contributed by atoms with Crippen molar-refractivity contribution in [3.63, 3.8) is 0 Å². The van der Waals surface area contributed by atoms with E-state index < -0.39 is 34.3 Å². The van der Waals surface area contributed by atoms with E-state index in [0.29, 0.717) is 0 Å². The molecule has 0 saturated carbocycles. The van der Waals surface area contributed by atoms with Crippen molar-refractivity contribution < 1.29 is 22.4 Å². The molecule has 0 aliphatic rings. The second-order valence-corrected chi connectivity index (χ2v) is 12.1. The molecule has 10 heteroatoms. The lowest BCUT2D eigenvalue weighted by atomic mass is 10.0. The maximum absolute atomic E-state index is 14.0. The molecule has 3 aromatic carbocycles. The SMILES string of the molecule is CC(C)NC(=O)[C@@H](Cc1ccccc1)N(Cc1cccc(Br)c1)C(=O)CN(c1cccc(F)c1)S(C)(=O)=O. The molecule has 0 aromatic heterocycles. The number of nitrogens with zero attached hydrogens (tertiary/aromatic N) is 2. The van der Waals surface area contributed by atoms with E-state index >= 15 is 0 Å². The van der Waals surface area contributed by atoms with Gasteiger partial charge in [0.2, 0.25) is 21.8 Å². The van der Waals surface area contributed by atoms with E-state index in [1.807, 2.05) is 68.4 Å². The number of carbonyl (C=O) groups is 2. The zero-order chi connectivity index (χ0) is 27.9. The zero-order valence-corrected chi connectivity index (χ0v) is 23.9. The van der Waals surface area contributed by atoms with Gasteiger partial charge in [-0.1, -0.05) is 64.5 Å². The molecule has 7 nitrogen and oxygen atoms in total. The van der Waals surface area contributed by atoms with Gasteiger partial charge in [0.25, 0.3) is 0 Å². The minimum absolute atomic E-state index is 0.0227. The molecule has 0 fully saturated rings. The van der Waals surface area contributed by atoms with E-state index in [1.165, 1.54) is 23.1 Å². The molecule has 38 heavy (non-hydrogen) atoms. The summed E-state index contributed by atoms with van der Waals surface area (Å²) >= 11 is 3.44. The van der Waals surface area contributed by atoms with Crippen LogP contribution in [0.5, 0.6) is 0 Å². The Morgan fingerprint density at radius 1 is 0.947 bits per heavy atom. The first-order valence-corrected chi connectivity index (χ1v) is 14.7. The number of amides is 2. The van der Waals surface area contributed by atoms with Crippen molar-refractivity contribution in [2.75, 3.05) is 17.1 Å². The van der Waals surface area contributed by atoms with Crippen LogP contribution in [-0.4, -0.2) is 50.0 Å². The Morgan fingerprint density at radius 2 is 1.61 bits per heavy atom. The number of rotatable bonds is 11. The highest BCUT2D eigenvalue weighted by Gasteiger charge is 2.33. The number of sulfonamides is 1. The van der Waals surface area contributed by atoms with Crippen LogP contribution in [0.1, 0.15) is 25.0 Å². The van der Waals surface area contributed by atoms with Crippen molar-refractivity contribution >= 4 is 43.5 Å². The Bertz CT molecular complexity index is 1370. The Hall–Kier alpha value is -3.24. The molecule has 1 atom stereocenters. The Balaban J connectivity index is 2.06. The molecule has 202 valence electrons. The van der Waals surface area contributed by atoms with Gasteiger partial charge in [-0.25, -0.2) is 12.8 Å². The van der Waals surface area contributed by atoms with Crippen LogP contribution < -0.4 is 9.62 Å². The molecule has 2 amide bonds. The summed E-state index contributed by atoms with van der Waals surface area (Å²) in [6.07, 6.45) is 1.18. The van der Waals surface area contributed by atoms with Crippen LogP contribution in [-0.2, 0) is 32.6 Å². The monoisotopic (exact) mass is 603 g/mol. The maximum atomic E-state index is 14.0. The van der Waals surface area contributed by atoms with Crippen molar-refractivity contribution in [3.8, 4) is 0 Å². The minimum atomic E-state index is -3.96. The average molecular weight is 605 g/mol. The van der Waals surface area contributed by atoms with E-state index in [4.69, 9.17) is 0 Å². The first kappa shape index (κ1) is 29.3. The van der Waals surface area contributed by atoms with Gasteiger partial charge in [-0.15, -0.1) is 0 Å². The summed E-state index contributed by atoms with van der Waals surface area (Å²) in [4.78, 5) is 28.8. The molecule has 0 spiro atoms. The summed E-state index contributed by atoms with van der Waals surface area (Å²) in [5.41, 5.74) is 1.61. The molecule has 3 rings (SSSR count). The smallest absolute Gasteiger partial charge is 0.244 e. The van der Waals surface area contributed by atoms with E-state index in [-0.39, 0.29) is 30.6 Å². The lowest BCUT2D eigenvalue weighted by molar-refractivity contribution is -0.140. The Kier molecular flexibility index (Phi) is 10.0. The number of carbonyl (C=O) groups excluding carboxylic acids is 2. The normalized spacial score (nSPS) is 12.2. The third-order valence-corrected chi connectivity index (χ3v) is 7.35. The standard InChI is InChI=1S/C28H31BrFN3O4S/c1-20(2)31-28(35)26(16-21-9-5-4-6-10-21)32(18-22-11-7-12-23(29)15-22)27(34)19-33(38(3,36)37)25-14-8-13-24(30)17-25/h4-15,17,20,26H,16,18-19H2,1-3H3,(H,31,35)/t26-/m1/s1. The number of nitrogens with one attached hydrogen (secondary N) is 1. The van der Waals surface area contributed by atoms with Crippen molar-refractivity contribution in [3.05, 3.63) is 100 Å². The summed E-state index contributed by atoms with van der Waals surface area (Å²) in [5, 5.41) is 2.89. The van der Waals surface area contributed by atoms with Crippen molar-refractivity contribution in [2.24, 2.45) is 0 Å². The highest BCUT2D eigenvalue weighted by Crippen LogP contribution is 2.22. The van der Waals surface area contributed by atoms with Gasteiger partial charge in [0.05, 0.1) is 11.9 Å². The summed E-state index contributed by atoms with van der Waals surface area (Å²) in [7, 11) is -3.96. The minimum Gasteiger partial charge on any atom is -0.352 e. The molecular weight excluding hydrogens is 573 g/mol. The van der Waals surface area contributed by atoms with E-state index in [2.05, 4.69) is 21.2 Å². The first-order chi connectivity index (χ1) is 17.9. The lowest BCUT2D eigenvalue weighted by Gasteiger charge is -2.34. The van der Waals surface area contributed by atoms with Gasteiger partial charge in [0.15, 0.2) is 0 Å². The predicted octanol–water partition coefficient (Wildman–Crippen LogP) is 4.52. The van der Waals surface area contributed by atoms with Crippen molar-refractivity contribution in [1.82, 2.24) is 10.2 Å². The summed E-state index contributed by atoms with van der Waals surface area (Å²) < 4.78 is 41.0. The average Bonchev–Trinajstić information content (AvgIpc) is 2.84. The molecule has 0 bridgehead atoms. The molecule has 3 aromatic rings. The van der Waals surface area contributed by atoms with Crippen LogP contribution in [0, 0.1) is 5.82 Å². The van der Waals surface area contributed by atoms with Gasteiger partial charge in [-0.05, 0) is 55.3 Å². The zero-order valence-electron chi connectivity index (χ0n) is 21.5. The van der Waals surface area contributed by atoms with Crippen LogP contribution in [0.2, 0.25) is 0 Å². The molecule has 0 heterocycles. The van der Waals surface area contributed by atoms with Gasteiger partial charge < -0.3 is 10.2 Å². The molecule has 0 radical (unpaired) electrons. The van der Waals surface area contributed by atoms with Gasteiger partial charge in [0, 0.05) is 23.5 Å². The van der Waals surface area contributed by atoms with Gasteiger partial charge >= 0.3 is 0 Å². The fourth-order valence-corrected chi connectivity index (χ4v) is 5.30. The number of hydrogen-bond acceptors (Lipinski definition) is 4. The topological polar surface area (TPSA) is 86.8 Å². The quantitative estimate of drug-likeness (QED) is 0.349. The predicted molar refractivity (Wildman–Crippen MR) is 150 cm³/mol. The third kappa shape index (κ3) is 8.39. The molecule has 0 saturated heterocycles. The molecule has 1 N–H and O–H groups in total. The molecule has 0 aliphatic heterocycles. The van der Waals surface area contributed by atoms with Gasteiger partial charge in [-0.2, -0.15) is 0 Å². The Morgan fingerprint density at radius 3 is 2.21 bits per heavy atom. The largest absolute Gasteiger partial charge is 0.352 e. The second-order valence-electron chi connectivity index (χ2n) is 9.27. The van der Waals surface area contributed by atoms with E-state index in [0.717, 1.165) is 32.2 Å². The number of halogens is 2. The highest BCUT2D eigenvalue weighted by atomic mass is 79.9. The number of anilines is 1. The van der Waals surface area contributed by atoms with Crippen molar-refractivity contribution in [2.45, 2.75) is 38.9 Å². The van der Waals surface area contributed by atoms with Crippen molar-refractivity contribution in [1.29, 1.82) is 0 Å². The second kappa shape index (κ2) is 13.0. The van der Waals surface area contributed by atoms with Crippen LogP contribution in [0.4, 0.5) is 10.1 Å². The van der Waals surface area contributed by atoms with Crippen LogP contribution in [0.25, 0.3) is 0 Å². The third-order valence-electron chi connectivity index (χ3n) is 5.72. The fourth-order valence-electron chi connectivity index (χ4n) is 4.01. The fraction of sp³-hybridized carbons (Fsp3) is 0.286. The summed E-state index contributed by atoms with van der Waals surface area (Å²) in [6.45, 7) is 3.11.